The molecule has 2 rings (SSSR count). The standard InChI is InChI=1S/C14H17BrN2O4/c1-20-9-7-10(13(21-2)11(15)8-9)14(19)17-5-3-12(18)16-4-6-17/h7-8H,3-6H2,1-2H3,(H,16,18). The van der Waals surface area contributed by atoms with Crippen molar-refractivity contribution in [2.75, 3.05) is 33.9 Å². The molecule has 1 saturated heterocycles. The number of rotatable bonds is 3. The molecule has 2 amide bonds. The van der Waals surface area contributed by atoms with Crippen molar-refractivity contribution in [3.63, 3.8) is 0 Å². The monoisotopic (exact) mass is 356 g/mol. The molecule has 0 spiro atoms. The maximum absolute atomic E-state index is 12.7. The third-order valence-electron chi connectivity index (χ3n) is 3.29. The fourth-order valence-corrected chi connectivity index (χ4v) is 2.79. The van der Waals surface area contributed by atoms with E-state index in [1.807, 2.05) is 0 Å². The molecule has 0 bridgehead atoms. The van der Waals surface area contributed by atoms with Crippen LogP contribution < -0.4 is 14.8 Å². The number of carbonyl (C=O) groups excluding carboxylic acids is 2. The highest BCUT2D eigenvalue weighted by atomic mass is 79.9. The van der Waals surface area contributed by atoms with Gasteiger partial charge < -0.3 is 19.7 Å². The molecule has 0 aromatic heterocycles. The van der Waals surface area contributed by atoms with Crippen LogP contribution in [-0.2, 0) is 4.79 Å². The van der Waals surface area contributed by atoms with Crippen LogP contribution >= 0.6 is 15.9 Å². The number of hydrogen-bond acceptors (Lipinski definition) is 4. The molecular weight excluding hydrogens is 340 g/mol. The molecule has 0 aliphatic carbocycles. The van der Waals surface area contributed by atoms with Gasteiger partial charge in [0.05, 0.1) is 24.3 Å². The second-order valence-electron chi connectivity index (χ2n) is 4.58. The molecule has 0 radical (unpaired) electrons. The minimum Gasteiger partial charge on any atom is -0.497 e. The molecule has 1 fully saturated rings. The molecule has 21 heavy (non-hydrogen) atoms. The van der Waals surface area contributed by atoms with Crippen molar-refractivity contribution in [1.29, 1.82) is 0 Å². The zero-order chi connectivity index (χ0) is 15.4. The highest BCUT2D eigenvalue weighted by Crippen LogP contribution is 2.34. The molecule has 1 aromatic carbocycles. The molecule has 1 N–H and O–H groups in total. The summed E-state index contributed by atoms with van der Waals surface area (Å²) in [5.74, 6) is 0.811. The summed E-state index contributed by atoms with van der Waals surface area (Å²) < 4.78 is 11.1. The van der Waals surface area contributed by atoms with Crippen LogP contribution in [0.25, 0.3) is 0 Å². The van der Waals surface area contributed by atoms with Crippen LogP contribution in [0.3, 0.4) is 0 Å². The number of methoxy groups -OCH3 is 2. The summed E-state index contributed by atoms with van der Waals surface area (Å²) in [7, 11) is 3.05. The van der Waals surface area contributed by atoms with E-state index in [0.717, 1.165) is 0 Å². The summed E-state index contributed by atoms with van der Waals surface area (Å²) in [6.45, 7) is 1.32. The number of nitrogens with zero attached hydrogens (tertiary/aromatic N) is 1. The lowest BCUT2D eigenvalue weighted by Gasteiger charge is -2.21. The van der Waals surface area contributed by atoms with Crippen molar-refractivity contribution in [2.45, 2.75) is 6.42 Å². The van der Waals surface area contributed by atoms with Crippen LogP contribution in [0.5, 0.6) is 11.5 Å². The summed E-state index contributed by atoms with van der Waals surface area (Å²) in [6.07, 6.45) is 0.305. The third-order valence-corrected chi connectivity index (χ3v) is 3.88. The van der Waals surface area contributed by atoms with Crippen LogP contribution in [0.15, 0.2) is 16.6 Å². The van der Waals surface area contributed by atoms with Crippen molar-refractivity contribution < 1.29 is 19.1 Å². The predicted octanol–water partition coefficient (Wildman–Crippen LogP) is 1.43. The van der Waals surface area contributed by atoms with Gasteiger partial charge in [0.1, 0.15) is 11.5 Å². The van der Waals surface area contributed by atoms with Gasteiger partial charge >= 0.3 is 0 Å². The lowest BCUT2D eigenvalue weighted by molar-refractivity contribution is -0.120. The van der Waals surface area contributed by atoms with Gasteiger partial charge in [-0.05, 0) is 28.1 Å². The number of benzene rings is 1. The lowest BCUT2D eigenvalue weighted by atomic mass is 10.1. The van der Waals surface area contributed by atoms with E-state index in [-0.39, 0.29) is 11.8 Å². The van der Waals surface area contributed by atoms with Crippen molar-refractivity contribution in [3.8, 4) is 11.5 Å². The fraction of sp³-hybridized carbons (Fsp3) is 0.429. The Labute approximate surface area is 131 Å². The molecule has 7 heteroatoms. The molecule has 6 nitrogen and oxygen atoms in total. The molecule has 1 aliphatic rings. The summed E-state index contributed by atoms with van der Waals surface area (Å²) in [4.78, 5) is 25.7. The number of ether oxygens (including phenoxy) is 2. The zero-order valence-electron chi connectivity index (χ0n) is 11.9. The highest BCUT2D eigenvalue weighted by molar-refractivity contribution is 9.10. The normalized spacial score (nSPS) is 15.2. The van der Waals surface area contributed by atoms with Crippen LogP contribution in [0.4, 0.5) is 0 Å². The van der Waals surface area contributed by atoms with Gasteiger partial charge in [-0.15, -0.1) is 0 Å². The first kappa shape index (κ1) is 15.6. The summed E-state index contributed by atoms with van der Waals surface area (Å²) in [5.41, 5.74) is 0.415. The SMILES string of the molecule is COc1cc(Br)c(OC)c(C(=O)N2CCNC(=O)CC2)c1. The number of nitrogens with one attached hydrogen (secondary N) is 1. The van der Waals surface area contributed by atoms with E-state index in [4.69, 9.17) is 9.47 Å². The first-order valence-electron chi connectivity index (χ1n) is 6.54. The maximum Gasteiger partial charge on any atom is 0.257 e. The van der Waals surface area contributed by atoms with Gasteiger partial charge in [-0.1, -0.05) is 0 Å². The second-order valence-corrected chi connectivity index (χ2v) is 5.44. The lowest BCUT2D eigenvalue weighted by Crippen LogP contribution is -2.34. The number of carbonyl (C=O) groups is 2. The minimum absolute atomic E-state index is 0.0379. The van der Waals surface area contributed by atoms with Gasteiger partial charge in [0, 0.05) is 26.1 Å². The second kappa shape index (κ2) is 6.80. The van der Waals surface area contributed by atoms with Crippen LogP contribution in [0, 0.1) is 0 Å². The summed E-state index contributed by atoms with van der Waals surface area (Å²) >= 11 is 3.37. The van der Waals surface area contributed by atoms with E-state index in [1.54, 1.807) is 17.0 Å². The van der Waals surface area contributed by atoms with E-state index < -0.39 is 0 Å². The first-order chi connectivity index (χ1) is 10.1. The Hall–Kier alpha value is -1.76. The minimum atomic E-state index is -0.178. The largest absolute Gasteiger partial charge is 0.497 e. The number of halogens is 1. The van der Waals surface area contributed by atoms with Gasteiger partial charge in [0.25, 0.3) is 5.91 Å². The van der Waals surface area contributed by atoms with Crippen LogP contribution in [-0.4, -0.2) is 50.6 Å². The smallest absolute Gasteiger partial charge is 0.257 e. The summed E-state index contributed by atoms with van der Waals surface area (Å²) in [5, 5.41) is 2.75. The van der Waals surface area contributed by atoms with Crippen molar-refractivity contribution >= 4 is 27.7 Å². The summed E-state index contributed by atoms with van der Waals surface area (Å²) in [6, 6.07) is 3.38. The van der Waals surface area contributed by atoms with Crippen LogP contribution in [0.1, 0.15) is 16.8 Å². The quantitative estimate of drug-likeness (QED) is 0.889. The number of hydrogen-bond donors (Lipinski definition) is 1. The number of amides is 2. The van der Waals surface area contributed by atoms with Gasteiger partial charge in [-0.3, -0.25) is 9.59 Å². The molecule has 1 aliphatic heterocycles. The van der Waals surface area contributed by atoms with E-state index in [1.165, 1.54) is 14.2 Å². The Kier molecular flexibility index (Phi) is 5.06. The highest BCUT2D eigenvalue weighted by Gasteiger charge is 2.24. The van der Waals surface area contributed by atoms with Crippen molar-refractivity contribution in [1.82, 2.24) is 10.2 Å². The molecular formula is C14H17BrN2O4. The van der Waals surface area contributed by atoms with E-state index in [2.05, 4.69) is 21.2 Å². The predicted molar refractivity (Wildman–Crippen MR) is 80.8 cm³/mol. The van der Waals surface area contributed by atoms with Crippen LogP contribution in [0.2, 0.25) is 0 Å². The molecule has 0 unspecified atom stereocenters. The molecule has 1 heterocycles. The van der Waals surface area contributed by atoms with E-state index in [0.29, 0.717) is 47.6 Å². The Morgan fingerprint density at radius 1 is 1.29 bits per heavy atom. The average molecular weight is 357 g/mol. The Morgan fingerprint density at radius 3 is 2.71 bits per heavy atom. The van der Waals surface area contributed by atoms with Crippen molar-refractivity contribution in [2.24, 2.45) is 0 Å². The Bertz CT molecular complexity index is 562. The average Bonchev–Trinajstić information content (AvgIpc) is 2.70. The first-order valence-corrected chi connectivity index (χ1v) is 7.33. The van der Waals surface area contributed by atoms with Gasteiger partial charge in [-0.25, -0.2) is 0 Å². The topological polar surface area (TPSA) is 67.9 Å². The fourth-order valence-electron chi connectivity index (χ4n) is 2.19. The maximum atomic E-state index is 12.7. The zero-order valence-corrected chi connectivity index (χ0v) is 13.5. The van der Waals surface area contributed by atoms with Gasteiger partial charge in [0.2, 0.25) is 5.91 Å². The molecule has 0 saturated carbocycles. The van der Waals surface area contributed by atoms with E-state index >= 15 is 0 Å². The molecule has 0 atom stereocenters. The van der Waals surface area contributed by atoms with Gasteiger partial charge in [0.15, 0.2) is 0 Å². The molecule has 114 valence electrons. The Morgan fingerprint density at radius 2 is 2.05 bits per heavy atom. The third kappa shape index (κ3) is 3.47. The van der Waals surface area contributed by atoms with E-state index in [9.17, 15) is 9.59 Å². The van der Waals surface area contributed by atoms with Crippen molar-refractivity contribution in [3.05, 3.63) is 22.2 Å². The Balaban J connectivity index is 2.33. The van der Waals surface area contributed by atoms with Gasteiger partial charge in [-0.2, -0.15) is 0 Å². The molecule has 1 aromatic rings.